The van der Waals surface area contributed by atoms with Crippen LogP contribution in [0.4, 0.5) is 0 Å². The molecular formula is C8H10FeN7O. The van der Waals surface area contributed by atoms with Gasteiger partial charge in [-0.15, -0.1) is 0 Å². The summed E-state index contributed by atoms with van der Waals surface area (Å²) in [6, 6.07) is 0. The second kappa shape index (κ2) is 7.18. The zero-order valence-electron chi connectivity index (χ0n) is 8.68. The molecule has 0 bridgehead atoms. The number of nitrogens with zero attached hydrogens (tertiary/aromatic N) is 5. The Morgan fingerprint density at radius 3 is 1.06 bits per heavy atom. The molecule has 0 heterocycles. The van der Waals surface area contributed by atoms with Gasteiger partial charge in [-0.1, -0.05) is 0 Å². The molecule has 0 aromatic heterocycles. The first-order chi connectivity index (χ1) is 7.92. The SMILES string of the molecule is N#[C][Fe]([C]#N)([C]#N)([C]#N)[C]#N.NCC(O)CN. The molecule has 91 valence electrons. The van der Waals surface area contributed by atoms with Crippen LogP contribution in [0.25, 0.3) is 0 Å². The molecule has 0 fully saturated rings. The van der Waals surface area contributed by atoms with Gasteiger partial charge in [0.25, 0.3) is 0 Å². The molecule has 0 spiro atoms. The first kappa shape index (κ1) is 17.3. The molecule has 0 rings (SSSR count). The number of nitriles is 5. The Bertz CT molecular complexity index is 366. The summed E-state index contributed by atoms with van der Waals surface area (Å²) in [6.45, 7) is 0.521. The van der Waals surface area contributed by atoms with Crippen molar-refractivity contribution >= 4 is 0 Å². The van der Waals surface area contributed by atoms with Gasteiger partial charge in [-0.05, 0) is 0 Å². The van der Waals surface area contributed by atoms with Crippen LogP contribution in [0.1, 0.15) is 0 Å². The van der Waals surface area contributed by atoms with Crippen molar-refractivity contribution in [2.45, 2.75) is 6.10 Å². The van der Waals surface area contributed by atoms with Gasteiger partial charge in [0.05, 0.1) is 6.10 Å². The first-order valence-electron chi connectivity index (χ1n) is 3.89. The maximum absolute atomic E-state index is 8.42. The fraction of sp³-hybridized carbons (Fsp3) is 0.375. The third-order valence-corrected chi connectivity index (χ3v) is 3.80. The van der Waals surface area contributed by atoms with Crippen LogP contribution in [-0.2, 0) is 11.8 Å². The minimum absolute atomic E-state index is 0.260. The monoisotopic (exact) mass is 276 g/mol. The molecule has 8 nitrogen and oxygen atoms in total. The van der Waals surface area contributed by atoms with Crippen LogP contribution in [0.2, 0.25) is 0 Å². The van der Waals surface area contributed by atoms with Crippen molar-refractivity contribution in [3.8, 4) is 24.8 Å². The third-order valence-electron chi connectivity index (χ3n) is 1.33. The molecule has 0 amide bonds. The molecule has 0 saturated heterocycles. The molecule has 0 radical (unpaired) electrons. The van der Waals surface area contributed by atoms with Crippen molar-refractivity contribution in [2.75, 3.05) is 13.1 Å². The van der Waals surface area contributed by atoms with Crippen molar-refractivity contribution in [3.63, 3.8) is 0 Å². The van der Waals surface area contributed by atoms with Gasteiger partial charge in [0.15, 0.2) is 0 Å². The fourth-order valence-electron chi connectivity index (χ4n) is 0.273. The second-order valence-electron chi connectivity index (χ2n) is 2.40. The van der Waals surface area contributed by atoms with Gasteiger partial charge >= 0.3 is 62.9 Å². The molecule has 0 aliphatic rings. The zero-order valence-corrected chi connectivity index (χ0v) is 9.79. The number of rotatable bonds is 2. The number of aliphatic hydroxyl groups is 1. The van der Waals surface area contributed by atoms with Crippen molar-refractivity contribution in [2.24, 2.45) is 11.5 Å². The van der Waals surface area contributed by atoms with Crippen LogP contribution in [0.3, 0.4) is 0 Å². The normalized spacial score (nSPS) is 10.9. The number of aliphatic hydroxyl groups excluding tert-OH is 1. The number of nitrogens with two attached hydrogens (primary N) is 2. The van der Waals surface area contributed by atoms with Crippen LogP contribution in [-0.4, -0.2) is 24.3 Å². The summed E-state index contributed by atoms with van der Waals surface area (Å²) in [5, 5.41) is 50.2. The molecule has 0 aromatic rings. The quantitative estimate of drug-likeness (QED) is 0.499. The number of hydrogen-bond acceptors (Lipinski definition) is 8. The maximum Gasteiger partial charge on any atom is 0.0784 e. The average Bonchev–Trinajstić information content (AvgIpc) is 2.43. The summed E-state index contributed by atoms with van der Waals surface area (Å²) in [5.41, 5.74) is 9.91. The van der Waals surface area contributed by atoms with Crippen molar-refractivity contribution in [1.29, 1.82) is 26.3 Å². The van der Waals surface area contributed by atoms with Crippen LogP contribution >= 0.6 is 0 Å². The van der Waals surface area contributed by atoms with E-state index in [9.17, 15) is 0 Å². The summed E-state index contributed by atoms with van der Waals surface area (Å²) in [5.74, 6) is 0. The van der Waals surface area contributed by atoms with Gasteiger partial charge in [-0.25, -0.2) is 0 Å². The molecule has 9 heteroatoms. The van der Waals surface area contributed by atoms with E-state index in [2.05, 4.69) is 0 Å². The molecule has 0 aliphatic carbocycles. The van der Waals surface area contributed by atoms with E-state index in [-0.39, 0.29) is 13.1 Å². The minimum atomic E-state index is -4.78. The third kappa shape index (κ3) is 4.07. The predicted molar refractivity (Wildman–Crippen MR) is 52.2 cm³/mol. The Kier molecular flexibility index (Phi) is 7.28. The Morgan fingerprint density at radius 1 is 0.824 bits per heavy atom. The van der Waals surface area contributed by atoms with Crippen LogP contribution in [0.15, 0.2) is 0 Å². The zero-order chi connectivity index (χ0) is 14.0. The molecule has 0 unspecified atom stereocenters. The van der Waals surface area contributed by atoms with Gasteiger partial charge in [0.1, 0.15) is 0 Å². The smallest absolute Gasteiger partial charge is 0.0784 e. The first-order valence-corrected chi connectivity index (χ1v) is 6.65. The Balaban J connectivity index is 0. The van der Waals surface area contributed by atoms with Crippen molar-refractivity contribution in [3.05, 3.63) is 0 Å². The molecule has 0 saturated carbocycles. The topological polar surface area (TPSA) is 191 Å². The Labute approximate surface area is 99.1 Å². The van der Waals surface area contributed by atoms with E-state index in [4.69, 9.17) is 42.9 Å². The van der Waals surface area contributed by atoms with Gasteiger partial charge < -0.3 is 16.6 Å². The molecule has 5 N–H and O–H groups in total. The summed E-state index contributed by atoms with van der Waals surface area (Å²) < 4.78 is 0. The molecule has 0 atom stereocenters. The van der Waals surface area contributed by atoms with Crippen molar-refractivity contribution < 1.29 is 16.9 Å². The molecule has 0 aliphatic heterocycles. The van der Waals surface area contributed by atoms with Crippen LogP contribution in [0, 0.1) is 51.1 Å². The van der Waals surface area contributed by atoms with Crippen molar-refractivity contribution in [1.82, 2.24) is 0 Å². The van der Waals surface area contributed by atoms with E-state index in [1.54, 1.807) is 0 Å². The standard InChI is InChI=1S/C3H10N2O.5CN.Fe/c4-1-3(6)2-5;5*1-2;/h3,6H,1-2,4-5H2;;;;;;. The van der Waals surface area contributed by atoms with Gasteiger partial charge in [-0.2, -0.15) is 0 Å². The van der Waals surface area contributed by atoms with Gasteiger partial charge in [-0.3, -0.25) is 0 Å². The van der Waals surface area contributed by atoms with E-state index >= 15 is 0 Å². The van der Waals surface area contributed by atoms with Gasteiger partial charge in [0, 0.05) is 13.1 Å². The van der Waals surface area contributed by atoms with E-state index in [0.717, 1.165) is 0 Å². The average molecular weight is 276 g/mol. The van der Waals surface area contributed by atoms with Crippen LogP contribution in [0.5, 0.6) is 0 Å². The van der Waals surface area contributed by atoms with E-state index in [1.807, 2.05) is 0 Å². The Morgan fingerprint density at radius 2 is 1.06 bits per heavy atom. The predicted octanol–water partition coefficient (Wildman–Crippen LogP) is -1.65. The summed E-state index contributed by atoms with van der Waals surface area (Å²) in [4.78, 5) is 6.12. The minimum Gasteiger partial charge on any atom is -0.390 e. The molecular weight excluding hydrogens is 266 g/mol. The summed E-state index contributed by atoms with van der Waals surface area (Å²) in [7, 11) is 0. The number of hydrogen-bond donors (Lipinski definition) is 3. The second-order valence-corrected chi connectivity index (χ2v) is 6.40. The van der Waals surface area contributed by atoms with E-state index in [1.165, 1.54) is 24.8 Å². The molecule has 17 heavy (non-hydrogen) atoms. The maximum atomic E-state index is 8.42. The summed E-state index contributed by atoms with van der Waals surface area (Å²) >= 11 is -4.78. The Hall–Kier alpha value is -2.15. The van der Waals surface area contributed by atoms with E-state index < -0.39 is 17.9 Å². The van der Waals surface area contributed by atoms with Crippen LogP contribution < -0.4 is 11.5 Å². The largest absolute Gasteiger partial charge is 0.390 e. The van der Waals surface area contributed by atoms with Gasteiger partial charge in [0.2, 0.25) is 0 Å². The van der Waals surface area contributed by atoms with E-state index in [0.29, 0.717) is 0 Å². The summed E-state index contributed by atoms with van der Waals surface area (Å²) in [6.07, 6.45) is -0.509. The fourth-order valence-corrected chi connectivity index (χ4v) is 0.825. The molecule has 0 aromatic carbocycles.